The van der Waals surface area contributed by atoms with Crippen LogP contribution in [0.4, 0.5) is 0 Å². The average Bonchev–Trinajstić information content (AvgIpc) is 3.00. The molecule has 0 aromatic heterocycles. The topological polar surface area (TPSA) is 170 Å². The van der Waals surface area contributed by atoms with Crippen molar-refractivity contribution in [1.82, 2.24) is 10.6 Å². The van der Waals surface area contributed by atoms with Crippen molar-refractivity contribution in [3.63, 3.8) is 0 Å². The Morgan fingerprint density at radius 1 is 0.565 bits per heavy atom. The predicted molar refractivity (Wildman–Crippen MR) is 177 cm³/mol. The van der Waals surface area contributed by atoms with E-state index in [2.05, 4.69) is 17.2 Å². The molecule has 0 aliphatic carbocycles. The van der Waals surface area contributed by atoms with Gasteiger partial charge in [-0.2, -0.15) is 0 Å². The summed E-state index contributed by atoms with van der Waals surface area (Å²) in [5.41, 5.74) is 0.868. The molecule has 0 aromatic carbocycles. The van der Waals surface area contributed by atoms with E-state index in [1.165, 1.54) is 44.9 Å². The van der Waals surface area contributed by atoms with Crippen molar-refractivity contribution in [2.24, 2.45) is 0 Å². The van der Waals surface area contributed by atoms with Crippen molar-refractivity contribution < 1.29 is 48.3 Å². The molecule has 2 amide bonds. The van der Waals surface area contributed by atoms with E-state index < -0.39 is 18.0 Å². The first kappa shape index (κ1) is 43.5. The number of carbonyl (C=O) groups excluding carboxylic acids is 2. The van der Waals surface area contributed by atoms with Gasteiger partial charge in [0.15, 0.2) is 0 Å². The molecule has 0 radical (unpaired) electrons. The minimum atomic E-state index is -1.06. The Morgan fingerprint density at radius 3 is 1.46 bits per heavy atom. The molecule has 12 heteroatoms. The van der Waals surface area contributed by atoms with Crippen LogP contribution in [0, 0.1) is 0 Å². The van der Waals surface area contributed by atoms with E-state index >= 15 is 0 Å². The zero-order chi connectivity index (χ0) is 34.1. The number of carboxylic acid groups (broad SMARTS) is 2. The molecule has 0 saturated carbocycles. The maximum Gasteiger partial charge on any atom is 0.326 e. The molecule has 0 unspecified atom stereocenters. The van der Waals surface area contributed by atoms with E-state index in [1.54, 1.807) is 0 Å². The number of ether oxygens (including phenoxy) is 4. The number of rotatable bonds is 35. The molecule has 0 saturated heterocycles. The Balaban J connectivity index is 3.35. The molecule has 12 nitrogen and oxygen atoms in total. The van der Waals surface area contributed by atoms with E-state index in [4.69, 9.17) is 24.1 Å². The zero-order valence-corrected chi connectivity index (χ0v) is 28.3. The van der Waals surface area contributed by atoms with Crippen LogP contribution in [0.3, 0.4) is 0 Å². The summed E-state index contributed by atoms with van der Waals surface area (Å²) >= 11 is 0. The van der Waals surface area contributed by atoms with Crippen molar-refractivity contribution >= 4 is 23.8 Å². The minimum absolute atomic E-state index is 0.0636. The third-order valence-electron chi connectivity index (χ3n) is 7.20. The summed E-state index contributed by atoms with van der Waals surface area (Å²) < 4.78 is 21.7. The number of unbranched alkanes of at least 4 members (excludes halogenated alkanes) is 11. The van der Waals surface area contributed by atoms with Gasteiger partial charge >= 0.3 is 11.9 Å². The number of allylic oxidation sites excluding steroid dienone is 1. The lowest BCUT2D eigenvalue weighted by Gasteiger charge is -2.14. The Bertz CT molecular complexity index is 809. The standard InChI is InChI=1S/C34H62N2O10/c1-29(2)17-18-30(34(41)42)36-32(38)19-21-43-23-25-45-27-28-46-26-24-44-22-20-35-31(37)15-13-11-9-7-5-3-4-6-8-10-12-14-16-33(39)40/h30H,1,3-28H2,2H3,(H,35,37)(H,36,38)(H,39,40)(H,41,42)/t30-/m0/s1. The summed E-state index contributed by atoms with van der Waals surface area (Å²) in [6.45, 7) is 9.04. The second kappa shape index (κ2) is 32.4. The first-order valence-corrected chi connectivity index (χ1v) is 17.2. The van der Waals surface area contributed by atoms with Crippen LogP contribution in [0.2, 0.25) is 0 Å². The maximum atomic E-state index is 11.9. The fourth-order valence-electron chi connectivity index (χ4n) is 4.52. The number of carboxylic acids is 2. The van der Waals surface area contributed by atoms with Gasteiger partial charge in [-0.1, -0.05) is 69.8 Å². The van der Waals surface area contributed by atoms with Crippen molar-refractivity contribution in [3.8, 4) is 0 Å². The van der Waals surface area contributed by atoms with Crippen molar-refractivity contribution in [2.45, 2.75) is 122 Å². The number of aliphatic carboxylic acids is 2. The largest absolute Gasteiger partial charge is 0.481 e. The van der Waals surface area contributed by atoms with Gasteiger partial charge in [0.2, 0.25) is 11.8 Å². The summed E-state index contributed by atoms with van der Waals surface area (Å²) in [5.74, 6) is -2.06. The fourth-order valence-corrected chi connectivity index (χ4v) is 4.52. The summed E-state index contributed by atoms with van der Waals surface area (Å²) in [6, 6.07) is -0.927. The number of nitrogens with one attached hydrogen (secondary N) is 2. The number of hydrogen-bond donors (Lipinski definition) is 4. The molecule has 0 heterocycles. The van der Waals surface area contributed by atoms with E-state index in [0.717, 1.165) is 37.7 Å². The van der Waals surface area contributed by atoms with Gasteiger partial charge in [0.1, 0.15) is 6.04 Å². The highest BCUT2D eigenvalue weighted by atomic mass is 16.6. The highest BCUT2D eigenvalue weighted by Gasteiger charge is 2.19. The highest BCUT2D eigenvalue weighted by Crippen LogP contribution is 2.13. The van der Waals surface area contributed by atoms with Crippen LogP contribution in [-0.4, -0.2) is 99.4 Å². The molecule has 0 spiro atoms. The summed E-state index contributed by atoms with van der Waals surface area (Å²) in [4.78, 5) is 45.6. The van der Waals surface area contributed by atoms with Gasteiger partial charge in [-0.25, -0.2) is 4.79 Å². The van der Waals surface area contributed by atoms with Crippen molar-refractivity contribution in [2.75, 3.05) is 59.4 Å². The van der Waals surface area contributed by atoms with Gasteiger partial charge in [0.05, 0.1) is 52.9 Å². The van der Waals surface area contributed by atoms with Crippen LogP contribution in [0.5, 0.6) is 0 Å². The van der Waals surface area contributed by atoms with E-state index in [9.17, 15) is 24.3 Å². The molecule has 0 bridgehead atoms. The first-order valence-electron chi connectivity index (χ1n) is 17.2. The lowest BCUT2D eigenvalue weighted by molar-refractivity contribution is -0.142. The van der Waals surface area contributed by atoms with Crippen molar-refractivity contribution in [3.05, 3.63) is 12.2 Å². The predicted octanol–water partition coefficient (Wildman–Crippen LogP) is 5.03. The van der Waals surface area contributed by atoms with Crippen LogP contribution < -0.4 is 10.6 Å². The smallest absolute Gasteiger partial charge is 0.326 e. The molecule has 0 aliphatic heterocycles. The fraction of sp³-hybridized carbons (Fsp3) is 0.824. The molecule has 0 rings (SSSR count). The van der Waals surface area contributed by atoms with Crippen molar-refractivity contribution in [1.29, 1.82) is 0 Å². The lowest BCUT2D eigenvalue weighted by atomic mass is 10.0. The molecule has 4 N–H and O–H groups in total. The normalized spacial score (nSPS) is 11.7. The average molecular weight is 659 g/mol. The Kier molecular flexibility index (Phi) is 30.6. The number of carbonyl (C=O) groups is 4. The molecule has 0 aromatic rings. The molecular weight excluding hydrogens is 596 g/mol. The van der Waals surface area contributed by atoms with Crippen LogP contribution >= 0.6 is 0 Å². The molecule has 1 atom stereocenters. The molecule has 0 aliphatic rings. The highest BCUT2D eigenvalue weighted by molar-refractivity contribution is 5.83. The second-order valence-corrected chi connectivity index (χ2v) is 11.6. The zero-order valence-electron chi connectivity index (χ0n) is 28.3. The van der Waals surface area contributed by atoms with Gasteiger partial charge in [0, 0.05) is 25.8 Å². The summed E-state index contributed by atoms with van der Waals surface area (Å²) in [6.07, 6.45) is 15.3. The Hall–Kier alpha value is -2.54. The SMILES string of the molecule is C=C(C)CC[C@H](NC(=O)CCOCCOCCOCCOCCNC(=O)CCCCCCCCCCCCCCC(=O)O)C(=O)O. The van der Waals surface area contributed by atoms with Gasteiger partial charge in [0.25, 0.3) is 0 Å². The second-order valence-electron chi connectivity index (χ2n) is 11.6. The van der Waals surface area contributed by atoms with Gasteiger partial charge in [-0.3, -0.25) is 14.4 Å². The van der Waals surface area contributed by atoms with Crippen LogP contribution in [0.15, 0.2) is 12.2 Å². The van der Waals surface area contributed by atoms with E-state index in [0.29, 0.717) is 72.1 Å². The summed E-state index contributed by atoms with van der Waals surface area (Å²) in [7, 11) is 0. The maximum absolute atomic E-state index is 11.9. The quantitative estimate of drug-likeness (QED) is 0.0535. The molecular formula is C34H62N2O10. The monoisotopic (exact) mass is 658 g/mol. The first-order chi connectivity index (χ1) is 22.2. The third-order valence-corrected chi connectivity index (χ3v) is 7.20. The minimum Gasteiger partial charge on any atom is -0.481 e. The number of amides is 2. The third kappa shape index (κ3) is 32.8. The lowest BCUT2D eigenvalue weighted by Crippen LogP contribution is -2.41. The molecule has 0 fully saturated rings. The summed E-state index contributed by atoms with van der Waals surface area (Å²) in [5, 5.41) is 23.2. The van der Waals surface area contributed by atoms with E-state index in [-0.39, 0.29) is 31.3 Å². The van der Waals surface area contributed by atoms with Crippen LogP contribution in [0.25, 0.3) is 0 Å². The molecule has 46 heavy (non-hydrogen) atoms. The van der Waals surface area contributed by atoms with Gasteiger partial charge in [-0.15, -0.1) is 6.58 Å². The van der Waals surface area contributed by atoms with Crippen LogP contribution in [0.1, 0.15) is 116 Å². The number of hydrogen-bond acceptors (Lipinski definition) is 8. The Labute approximate surface area is 276 Å². The van der Waals surface area contributed by atoms with Gasteiger partial charge < -0.3 is 39.8 Å². The van der Waals surface area contributed by atoms with E-state index in [1.807, 2.05) is 6.92 Å². The van der Waals surface area contributed by atoms with Crippen LogP contribution in [-0.2, 0) is 38.1 Å². The molecule has 268 valence electrons. The van der Waals surface area contributed by atoms with Gasteiger partial charge in [-0.05, 0) is 32.6 Å². The Morgan fingerprint density at radius 2 is 1.00 bits per heavy atom.